The van der Waals surface area contributed by atoms with Gasteiger partial charge in [0.25, 0.3) is 0 Å². The normalized spacial score (nSPS) is 41.7. The molecule has 0 N–H and O–H groups in total. The Morgan fingerprint density at radius 1 is 1.40 bits per heavy atom. The van der Waals surface area contributed by atoms with Gasteiger partial charge in [-0.3, -0.25) is 0 Å². The summed E-state index contributed by atoms with van der Waals surface area (Å²) in [5, 5.41) is 0. The molecule has 1 heteroatoms. The fourth-order valence-electron chi connectivity index (χ4n) is 1.91. The second-order valence-electron chi connectivity index (χ2n) is 3.86. The third-order valence-corrected chi connectivity index (χ3v) is 3.33. The average molecular weight is 142 g/mol. The third-order valence-electron chi connectivity index (χ3n) is 3.33. The zero-order valence-corrected chi connectivity index (χ0v) is 7.56. The lowest BCUT2D eigenvalue weighted by atomic mass is 10.0. The van der Waals surface area contributed by atoms with Crippen LogP contribution in [-0.2, 0) is 0 Å². The van der Waals surface area contributed by atoms with E-state index in [9.17, 15) is 0 Å². The molecule has 1 aliphatic heterocycles. The van der Waals surface area contributed by atoms with Crippen molar-refractivity contribution in [3.63, 3.8) is 0 Å². The third kappa shape index (κ3) is 1.34. The fraction of sp³-hybridized carbons (Fsp3) is 1.00. The lowest BCUT2D eigenvalue weighted by Crippen LogP contribution is -2.53. The van der Waals surface area contributed by atoms with Crippen LogP contribution in [0.5, 0.6) is 0 Å². The Kier molecular flexibility index (Phi) is 2.35. The summed E-state index contributed by atoms with van der Waals surface area (Å²) >= 11 is 0. The highest BCUT2D eigenvalue weighted by molar-refractivity contribution is 4.59. The summed E-state index contributed by atoms with van der Waals surface area (Å²) in [4.78, 5) is 0. The summed E-state index contributed by atoms with van der Waals surface area (Å²) in [5.74, 6) is 0. The van der Waals surface area contributed by atoms with Crippen molar-refractivity contribution < 1.29 is 4.48 Å². The first-order valence-corrected chi connectivity index (χ1v) is 4.53. The van der Waals surface area contributed by atoms with Crippen LogP contribution in [-0.4, -0.2) is 30.7 Å². The van der Waals surface area contributed by atoms with E-state index in [1.54, 1.807) is 0 Å². The number of rotatable bonds is 1. The van der Waals surface area contributed by atoms with Gasteiger partial charge in [-0.2, -0.15) is 0 Å². The quantitative estimate of drug-likeness (QED) is 0.491. The Morgan fingerprint density at radius 2 is 2.10 bits per heavy atom. The largest absolute Gasteiger partial charge is 0.324 e. The van der Waals surface area contributed by atoms with Crippen molar-refractivity contribution in [1.82, 2.24) is 0 Å². The Bertz CT molecular complexity index is 111. The van der Waals surface area contributed by atoms with E-state index in [4.69, 9.17) is 0 Å². The van der Waals surface area contributed by atoms with Crippen molar-refractivity contribution in [3.8, 4) is 0 Å². The van der Waals surface area contributed by atoms with E-state index in [1.807, 2.05) is 0 Å². The Hall–Kier alpha value is -0.0400. The molecule has 0 aliphatic carbocycles. The SMILES string of the molecule is CC[N@+]1(C)CCCC[C@@H]1C. The van der Waals surface area contributed by atoms with Gasteiger partial charge in [-0.15, -0.1) is 0 Å². The van der Waals surface area contributed by atoms with E-state index < -0.39 is 0 Å². The van der Waals surface area contributed by atoms with E-state index in [0.717, 1.165) is 6.04 Å². The summed E-state index contributed by atoms with van der Waals surface area (Å²) in [6, 6.07) is 0.902. The lowest BCUT2D eigenvalue weighted by molar-refractivity contribution is -0.934. The number of hydrogen-bond acceptors (Lipinski definition) is 0. The number of likely N-dealkylation sites (tertiary alicyclic amines) is 1. The minimum Gasteiger partial charge on any atom is -0.324 e. The van der Waals surface area contributed by atoms with Crippen molar-refractivity contribution in [3.05, 3.63) is 0 Å². The zero-order valence-electron chi connectivity index (χ0n) is 7.56. The highest BCUT2D eigenvalue weighted by Crippen LogP contribution is 2.22. The first kappa shape index (κ1) is 8.06. The first-order valence-electron chi connectivity index (χ1n) is 4.53. The van der Waals surface area contributed by atoms with Crippen molar-refractivity contribution in [2.75, 3.05) is 20.1 Å². The molecule has 0 spiro atoms. The number of piperidine rings is 1. The summed E-state index contributed by atoms with van der Waals surface area (Å²) in [5.41, 5.74) is 0. The van der Waals surface area contributed by atoms with Gasteiger partial charge in [0.15, 0.2) is 0 Å². The van der Waals surface area contributed by atoms with Crippen molar-refractivity contribution >= 4 is 0 Å². The zero-order chi connectivity index (χ0) is 7.61. The van der Waals surface area contributed by atoms with E-state index in [1.165, 1.54) is 36.8 Å². The van der Waals surface area contributed by atoms with Gasteiger partial charge in [0.05, 0.1) is 26.2 Å². The summed E-state index contributed by atoms with van der Waals surface area (Å²) in [6.07, 6.45) is 4.33. The Morgan fingerprint density at radius 3 is 2.50 bits per heavy atom. The van der Waals surface area contributed by atoms with Crippen LogP contribution in [0.3, 0.4) is 0 Å². The molecule has 0 unspecified atom stereocenters. The molecular formula is C9H20N+. The highest BCUT2D eigenvalue weighted by atomic mass is 15.3. The highest BCUT2D eigenvalue weighted by Gasteiger charge is 2.29. The molecule has 10 heavy (non-hydrogen) atoms. The van der Waals surface area contributed by atoms with Crippen LogP contribution < -0.4 is 0 Å². The molecule has 0 amide bonds. The average Bonchev–Trinajstić information content (AvgIpc) is 1.96. The summed E-state index contributed by atoms with van der Waals surface area (Å²) in [7, 11) is 2.39. The van der Waals surface area contributed by atoms with Gasteiger partial charge < -0.3 is 4.48 Å². The first-order chi connectivity index (χ1) is 4.69. The number of nitrogens with zero attached hydrogens (tertiary/aromatic N) is 1. The van der Waals surface area contributed by atoms with Crippen LogP contribution in [0.4, 0.5) is 0 Å². The van der Waals surface area contributed by atoms with Crippen LogP contribution >= 0.6 is 0 Å². The second kappa shape index (κ2) is 2.91. The molecule has 1 aliphatic rings. The molecule has 0 radical (unpaired) electrons. The molecule has 0 aromatic rings. The van der Waals surface area contributed by atoms with E-state index in [-0.39, 0.29) is 0 Å². The molecule has 2 atom stereocenters. The van der Waals surface area contributed by atoms with E-state index >= 15 is 0 Å². The van der Waals surface area contributed by atoms with Crippen LogP contribution in [0, 0.1) is 0 Å². The second-order valence-corrected chi connectivity index (χ2v) is 3.86. The maximum absolute atomic E-state index is 2.39. The van der Waals surface area contributed by atoms with Crippen molar-refractivity contribution in [1.29, 1.82) is 0 Å². The van der Waals surface area contributed by atoms with Gasteiger partial charge in [0.1, 0.15) is 0 Å². The van der Waals surface area contributed by atoms with Gasteiger partial charge in [-0.1, -0.05) is 0 Å². The van der Waals surface area contributed by atoms with E-state index in [0.29, 0.717) is 0 Å². The Balaban J connectivity index is 2.54. The minimum absolute atomic E-state index is 0.902. The number of quaternary nitrogens is 1. The lowest BCUT2D eigenvalue weighted by Gasteiger charge is -2.42. The molecule has 0 aromatic carbocycles. The van der Waals surface area contributed by atoms with Gasteiger partial charge in [-0.25, -0.2) is 0 Å². The predicted molar refractivity (Wildman–Crippen MR) is 44.9 cm³/mol. The maximum atomic E-state index is 2.39. The summed E-state index contributed by atoms with van der Waals surface area (Å²) < 4.78 is 1.31. The molecule has 0 bridgehead atoms. The van der Waals surface area contributed by atoms with Crippen LogP contribution in [0.15, 0.2) is 0 Å². The topological polar surface area (TPSA) is 0 Å². The van der Waals surface area contributed by atoms with Gasteiger partial charge >= 0.3 is 0 Å². The number of hydrogen-bond donors (Lipinski definition) is 0. The molecule has 1 rings (SSSR count). The Labute approximate surface area is 64.6 Å². The molecule has 0 aromatic heterocycles. The van der Waals surface area contributed by atoms with Crippen molar-refractivity contribution in [2.45, 2.75) is 39.2 Å². The minimum atomic E-state index is 0.902. The van der Waals surface area contributed by atoms with Gasteiger partial charge in [0, 0.05) is 0 Å². The molecule has 60 valence electrons. The fourth-order valence-corrected chi connectivity index (χ4v) is 1.91. The summed E-state index contributed by atoms with van der Waals surface area (Å²) in [6.45, 7) is 7.41. The maximum Gasteiger partial charge on any atom is 0.0859 e. The molecular weight excluding hydrogens is 122 g/mol. The molecule has 0 saturated carbocycles. The van der Waals surface area contributed by atoms with Crippen LogP contribution in [0.2, 0.25) is 0 Å². The van der Waals surface area contributed by atoms with Crippen molar-refractivity contribution in [2.24, 2.45) is 0 Å². The standard InChI is InChI=1S/C9H20N/c1-4-10(3)8-6-5-7-9(10)2/h9H,4-8H2,1-3H3/q+1/t9-,10+/m0/s1. The van der Waals surface area contributed by atoms with Gasteiger partial charge in [0.2, 0.25) is 0 Å². The predicted octanol–water partition coefficient (Wildman–Crippen LogP) is 2.03. The monoisotopic (exact) mass is 142 g/mol. The molecule has 1 fully saturated rings. The molecule has 1 nitrogen and oxygen atoms in total. The molecule has 1 heterocycles. The molecule has 1 saturated heterocycles. The van der Waals surface area contributed by atoms with E-state index in [2.05, 4.69) is 20.9 Å². The smallest absolute Gasteiger partial charge is 0.0859 e. The van der Waals surface area contributed by atoms with Crippen LogP contribution in [0.25, 0.3) is 0 Å². The van der Waals surface area contributed by atoms with Gasteiger partial charge in [-0.05, 0) is 33.1 Å². The van der Waals surface area contributed by atoms with Crippen LogP contribution in [0.1, 0.15) is 33.1 Å².